The van der Waals surface area contributed by atoms with E-state index in [1.807, 2.05) is 72.4 Å². The molecule has 4 heterocycles. The van der Waals surface area contributed by atoms with Crippen LogP contribution in [0.25, 0.3) is 5.70 Å². The molecule has 7 nitrogen and oxygen atoms in total. The van der Waals surface area contributed by atoms with Crippen LogP contribution in [0.3, 0.4) is 0 Å². The van der Waals surface area contributed by atoms with Crippen molar-refractivity contribution in [3.63, 3.8) is 0 Å². The Morgan fingerprint density at radius 3 is 2.79 bits per heavy atom. The summed E-state index contributed by atoms with van der Waals surface area (Å²) in [5.41, 5.74) is 4.82. The molecule has 1 N–H and O–H groups in total. The van der Waals surface area contributed by atoms with Gasteiger partial charge in [0.25, 0.3) is 0 Å². The molecule has 33 heavy (non-hydrogen) atoms. The van der Waals surface area contributed by atoms with Gasteiger partial charge >= 0.3 is 0 Å². The number of rotatable bonds is 4. The summed E-state index contributed by atoms with van der Waals surface area (Å²) in [6.07, 6.45) is 4.81. The molecule has 0 saturated carbocycles. The molecule has 0 amide bonds. The van der Waals surface area contributed by atoms with Crippen LogP contribution in [-0.4, -0.2) is 26.4 Å². The molecule has 2 aliphatic heterocycles. The molecule has 0 bridgehead atoms. The Morgan fingerprint density at radius 2 is 2.00 bits per heavy atom. The zero-order valence-electron chi connectivity index (χ0n) is 17.8. The van der Waals surface area contributed by atoms with E-state index in [-0.39, 0.29) is 12.1 Å². The monoisotopic (exact) mass is 457 g/mol. The molecule has 2 aromatic carbocycles. The SMILES string of the molecule is CCOc1ccc([C@@H]2Oc3ccc(Cl)cc3C3=C2[C@@H](c2cccnc2)n2ncnc2N3)cc1. The van der Waals surface area contributed by atoms with Crippen molar-refractivity contribution in [3.8, 4) is 11.5 Å². The third-order valence-corrected chi connectivity index (χ3v) is 6.11. The lowest BCUT2D eigenvalue weighted by molar-refractivity contribution is 0.223. The number of benzene rings is 2. The fraction of sp³-hybridized carbons (Fsp3) is 0.160. The second kappa shape index (κ2) is 7.94. The van der Waals surface area contributed by atoms with Gasteiger partial charge in [-0.2, -0.15) is 10.1 Å². The van der Waals surface area contributed by atoms with Gasteiger partial charge in [0.2, 0.25) is 5.95 Å². The Hall–Kier alpha value is -3.84. The van der Waals surface area contributed by atoms with Crippen molar-refractivity contribution in [3.05, 3.63) is 101 Å². The van der Waals surface area contributed by atoms with Gasteiger partial charge in [-0.15, -0.1) is 0 Å². The van der Waals surface area contributed by atoms with Crippen LogP contribution >= 0.6 is 11.6 Å². The number of halogens is 1. The largest absolute Gasteiger partial charge is 0.494 e. The molecule has 2 aromatic heterocycles. The minimum atomic E-state index is -0.362. The highest BCUT2D eigenvalue weighted by atomic mass is 35.5. The molecular weight excluding hydrogens is 438 g/mol. The lowest BCUT2D eigenvalue weighted by Crippen LogP contribution is -2.32. The first-order valence-electron chi connectivity index (χ1n) is 10.7. The van der Waals surface area contributed by atoms with Gasteiger partial charge in [0.05, 0.1) is 12.3 Å². The van der Waals surface area contributed by atoms with Crippen molar-refractivity contribution < 1.29 is 9.47 Å². The number of nitrogens with one attached hydrogen (secondary N) is 1. The fourth-order valence-electron chi connectivity index (χ4n) is 4.48. The van der Waals surface area contributed by atoms with Gasteiger partial charge < -0.3 is 14.8 Å². The zero-order valence-corrected chi connectivity index (χ0v) is 18.5. The minimum Gasteiger partial charge on any atom is -0.494 e. The average Bonchev–Trinajstić information content (AvgIpc) is 3.32. The summed E-state index contributed by atoms with van der Waals surface area (Å²) in [7, 11) is 0. The molecule has 164 valence electrons. The molecule has 0 fully saturated rings. The van der Waals surface area contributed by atoms with E-state index in [0.717, 1.165) is 39.5 Å². The predicted molar refractivity (Wildman–Crippen MR) is 125 cm³/mol. The fourth-order valence-corrected chi connectivity index (χ4v) is 4.65. The molecule has 8 heteroatoms. The van der Waals surface area contributed by atoms with Gasteiger partial charge in [-0.1, -0.05) is 29.8 Å². The Kier molecular flexibility index (Phi) is 4.77. The zero-order chi connectivity index (χ0) is 22.4. The second-order valence-corrected chi connectivity index (χ2v) is 8.25. The Morgan fingerprint density at radius 1 is 1.12 bits per heavy atom. The van der Waals surface area contributed by atoms with E-state index in [2.05, 4.69) is 20.4 Å². The number of hydrogen-bond acceptors (Lipinski definition) is 6. The van der Waals surface area contributed by atoms with Gasteiger partial charge in [0, 0.05) is 28.6 Å². The van der Waals surface area contributed by atoms with Gasteiger partial charge in [0.15, 0.2) is 0 Å². The number of anilines is 1. The smallest absolute Gasteiger partial charge is 0.226 e. The van der Waals surface area contributed by atoms with E-state index in [1.165, 1.54) is 0 Å². The van der Waals surface area contributed by atoms with Crippen LogP contribution in [0.1, 0.15) is 35.8 Å². The van der Waals surface area contributed by atoms with E-state index in [1.54, 1.807) is 12.5 Å². The van der Waals surface area contributed by atoms with Crippen molar-refractivity contribution in [1.29, 1.82) is 0 Å². The van der Waals surface area contributed by atoms with Crippen molar-refractivity contribution in [2.75, 3.05) is 11.9 Å². The van der Waals surface area contributed by atoms with Crippen LogP contribution in [0, 0.1) is 0 Å². The number of ether oxygens (including phenoxy) is 2. The minimum absolute atomic E-state index is 0.254. The molecule has 0 radical (unpaired) electrons. The summed E-state index contributed by atoms with van der Waals surface area (Å²) >= 11 is 6.38. The summed E-state index contributed by atoms with van der Waals surface area (Å²) in [6, 6.07) is 17.4. The number of aromatic nitrogens is 4. The Labute approximate surface area is 195 Å². The van der Waals surface area contributed by atoms with E-state index in [0.29, 0.717) is 17.6 Å². The first kappa shape index (κ1) is 19.8. The molecular formula is C25H20ClN5O2. The van der Waals surface area contributed by atoms with Gasteiger partial charge in [-0.25, -0.2) is 4.68 Å². The predicted octanol–water partition coefficient (Wildman–Crippen LogP) is 5.29. The topological polar surface area (TPSA) is 74.1 Å². The summed E-state index contributed by atoms with van der Waals surface area (Å²) in [6.45, 7) is 2.59. The third kappa shape index (κ3) is 3.32. The maximum atomic E-state index is 6.61. The molecule has 0 spiro atoms. The molecule has 0 aliphatic carbocycles. The maximum absolute atomic E-state index is 6.61. The number of pyridine rings is 1. The first-order chi connectivity index (χ1) is 16.2. The van der Waals surface area contributed by atoms with Crippen LogP contribution < -0.4 is 14.8 Å². The standard InChI is InChI=1S/C25H20ClN5O2/c1-2-32-18-8-5-15(6-9-18)24-21-22(19-12-17(26)7-10-20(19)33-24)30-25-28-14-29-31(25)23(21)16-4-3-11-27-13-16/h3-14,23-24H,2H2,1H3,(H,28,29,30)/t23-,24+/m1/s1. The first-order valence-corrected chi connectivity index (χ1v) is 11.1. The number of fused-ring (bicyclic) bond motifs is 3. The van der Waals surface area contributed by atoms with Crippen molar-refractivity contribution in [2.24, 2.45) is 0 Å². The van der Waals surface area contributed by atoms with E-state index in [9.17, 15) is 0 Å². The number of nitrogens with zero attached hydrogens (tertiary/aromatic N) is 4. The highest BCUT2D eigenvalue weighted by Crippen LogP contribution is 2.51. The van der Waals surface area contributed by atoms with Gasteiger partial charge in [0.1, 0.15) is 30.0 Å². The molecule has 0 unspecified atom stereocenters. The lowest BCUT2D eigenvalue weighted by atomic mass is 9.85. The molecule has 2 aliphatic rings. The highest BCUT2D eigenvalue weighted by molar-refractivity contribution is 6.30. The summed E-state index contributed by atoms with van der Waals surface area (Å²) < 4.78 is 14.1. The Balaban J connectivity index is 1.58. The summed E-state index contributed by atoms with van der Waals surface area (Å²) in [5, 5.41) is 8.64. The van der Waals surface area contributed by atoms with Crippen LogP contribution in [0.2, 0.25) is 5.02 Å². The van der Waals surface area contributed by atoms with Crippen LogP contribution in [0.4, 0.5) is 5.95 Å². The van der Waals surface area contributed by atoms with Crippen LogP contribution in [0.15, 0.2) is 78.9 Å². The summed E-state index contributed by atoms with van der Waals surface area (Å²) in [5.74, 6) is 2.23. The van der Waals surface area contributed by atoms with E-state index in [4.69, 9.17) is 21.1 Å². The quantitative estimate of drug-likeness (QED) is 0.449. The molecule has 4 aromatic rings. The van der Waals surface area contributed by atoms with E-state index >= 15 is 0 Å². The molecule has 2 atom stereocenters. The van der Waals surface area contributed by atoms with Crippen molar-refractivity contribution in [1.82, 2.24) is 19.7 Å². The highest BCUT2D eigenvalue weighted by Gasteiger charge is 2.41. The maximum Gasteiger partial charge on any atom is 0.226 e. The van der Waals surface area contributed by atoms with E-state index < -0.39 is 0 Å². The lowest BCUT2D eigenvalue weighted by Gasteiger charge is -2.38. The van der Waals surface area contributed by atoms with Crippen LogP contribution in [-0.2, 0) is 0 Å². The third-order valence-electron chi connectivity index (χ3n) is 5.87. The van der Waals surface area contributed by atoms with Gasteiger partial charge in [-0.05, 0) is 54.4 Å². The molecule has 6 rings (SSSR count). The summed E-state index contributed by atoms with van der Waals surface area (Å²) in [4.78, 5) is 8.80. The molecule has 0 saturated heterocycles. The van der Waals surface area contributed by atoms with Gasteiger partial charge in [-0.3, -0.25) is 4.98 Å². The second-order valence-electron chi connectivity index (χ2n) is 7.81. The normalized spacial score (nSPS) is 18.5. The van der Waals surface area contributed by atoms with Crippen molar-refractivity contribution >= 4 is 23.2 Å². The number of hydrogen-bond donors (Lipinski definition) is 1. The van der Waals surface area contributed by atoms with Crippen LogP contribution in [0.5, 0.6) is 11.5 Å². The average molecular weight is 458 g/mol. The van der Waals surface area contributed by atoms with Crippen molar-refractivity contribution in [2.45, 2.75) is 19.1 Å². The Bertz CT molecular complexity index is 1350.